The molecule has 19 amide bonds. The summed E-state index contributed by atoms with van der Waals surface area (Å²) in [6.07, 6.45) is -13.5. The van der Waals surface area contributed by atoms with Crippen LogP contribution in [0.25, 0.3) is 0 Å². The average molecular weight is 2010 g/mol. The fourth-order valence-corrected chi connectivity index (χ4v) is 14.5. The van der Waals surface area contributed by atoms with Crippen LogP contribution in [0.4, 0.5) is 0 Å². The molecule has 1 fully saturated rings. The van der Waals surface area contributed by atoms with Crippen LogP contribution in [0.2, 0.25) is 0 Å². The Balaban J connectivity index is 1.94. The molecule has 1 aliphatic rings. The maximum atomic E-state index is 15.0. The molecule has 0 spiro atoms. The number of benzene rings is 2. The van der Waals surface area contributed by atoms with Gasteiger partial charge in [-0.2, -0.15) is 0 Å². The van der Waals surface area contributed by atoms with Crippen LogP contribution >= 0.6 is 0 Å². The number of likely N-dealkylation sites (tertiary alicyclic amines) is 1. The number of unbranched alkanes of at least 4 members (excludes halogenated alkanes) is 1. The number of hydrogen-bond donors (Lipinski definition) is 28. The number of carboxylic acids is 4. The molecular weight excluding hydrogens is 1870 g/mol. The van der Waals surface area contributed by atoms with E-state index in [1.165, 1.54) is 39.8 Å². The largest absolute Gasteiger partial charge is 0.481 e. The molecule has 790 valence electrons. The number of nitrogens with one attached hydrogen (secondary N) is 16. The Morgan fingerprint density at radius 3 is 1.15 bits per heavy atom. The van der Waals surface area contributed by atoms with Crippen molar-refractivity contribution in [3.05, 3.63) is 71.8 Å². The third-order valence-corrected chi connectivity index (χ3v) is 22.6. The second-order valence-corrected chi connectivity index (χ2v) is 35.6. The number of carbonyl (C=O) groups excluding carboxylic acids is 19. The Morgan fingerprint density at radius 2 is 0.732 bits per heavy atom. The van der Waals surface area contributed by atoms with E-state index in [0.29, 0.717) is 17.5 Å². The summed E-state index contributed by atoms with van der Waals surface area (Å²) in [5, 5.41) is 120. The number of aliphatic hydroxyl groups excluding tert-OH is 4. The number of nitrogens with two attached hydrogens (primary N) is 4. The number of carboxylic acid groups (broad SMARTS) is 4. The zero-order chi connectivity index (χ0) is 107. The highest BCUT2D eigenvalue weighted by atomic mass is 16.4. The van der Waals surface area contributed by atoms with Gasteiger partial charge in [0.25, 0.3) is 0 Å². The first-order chi connectivity index (χ1) is 66.5. The molecule has 32 N–H and O–H groups in total. The van der Waals surface area contributed by atoms with E-state index in [0.717, 1.165) is 32.6 Å². The number of carbonyl (C=O) groups is 23. The van der Waals surface area contributed by atoms with E-state index in [9.17, 15) is 146 Å². The van der Waals surface area contributed by atoms with Gasteiger partial charge in [0.05, 0.1) is 49.8 Å². The topological polar surface area (TPSA) is 854 Å². The minimum absolute atomic E-state index is 0.0476. The first kappa shape index (κ1) is 122. The summed E-state index contributed by atoms with van der Waals surface area (Å²) in [5.74, 6) is -30.2. The summed E-state index contributed by atoms with van der Waals surface area (Å²) in [7, 11) is 0. The van der Waals surface area contributed by atoms with Gasteiger partial charge >= 0.3 is 23.9 Å². The maximum absolute atomic E-state index is 15.0. The van der Waals surface area contributed by atoms with Crippen molar-refractivity contribution in [2.45, 2.75) is 312 Å². The van der Waals surface area contributed by atoms with Crippen LogP contribution in [0.15, 0.2) is 60.7 Å². The summed E-state index contributed by atoms with van der Waals surface area (Å²) in [6, 6.07) is -13.9. The Kier molecular flexibility index (Phi) is 52.4. The Bertz CT molecular complexity index is 4700. The smallest absolute Gasteiger partial charge is 0.326 e. The normalized spacial score (nSPS) is 16.7. The molecule has 0 aromatic heterocycles. The molecule has 2 aromatic rings. The van der Waals surface area contributed by atoms with E-state index in [2.05, 4.69) is 85.1 Å². The average Bonchev–Trinajstić information content (AvgIpc) is 1.61. The molecule has 2 aromatic carbocycles. The lowest BCUT2D eigenvalue weighted by Crippen LogP contribution is -2.64. The van der Waals surface area contributed by atoms with Crippen LogP contribution in [0.3, 0.4) is 0 Å². The van der Waals surface area contributed by atoms with Gasteiger partial charge in [0.2, 0.25) is 112 Å². The van der Waals surface area contributed by atoms with Crippen LogP contribution in [-0.4, -0.2) is 329 Å². The van der Waals surface area contributed by atoms with Crippen molar-refractivity contribution >= 4 is 136 Å². The standard InChI is InChI=1S/C90H139N21O31/c1-12-44(6)69(107-88(139)73(49(11)115)110-81(132)59(40-67(123)124)100-76(127)54(30-33-65(119)120)98-86(137)71(47(9)113)109-80(131)57(38-51-24-17-14-18-25-51)102-85(136)70(46(8)112)105-64(118)41-95-75(126)52(28-31-62(93)116)96-74(125)45(7)92)84(135)106-68(43(4)5)83(134)101-56(37-50-22-15-13-16-23-50)78(129)104-60(36-42(2)3)89(140)111-35-21-27-61(111)82(133)97-53(29-32-63(94)117)77(128)108-72(48(10)114)87(138)103-58(39-66(121)122)79(130)99-55(90(141)142)26-19-20-34-91/h13-18,22-25,42-49,52-61,68-73,112-115H,12,19-21,26-41,91-92H2,1-11H3,(H2,93,116)(H2,94,117)(H,95,126)(H,96,125)(H,97,133)(H,98,137)(H,99,130)(H,100,127)(H,101,134)(H,102,136)(H,103,138)(H,104,129)(H,105,118)(H,106,135)(H,107,139)(H,108,128)(H,109,131)(H,110,132)(H,119,120)(H,121,122)(H,123,124)(H,141,142)/t44-,45-,46+,47+,48+,49+,52-,53-,54-,55-,56-,57-,58-,59-,60-,61-,68-,69-,70-,71-,72-,73-/m0/s1. The molecular formula is C90H139N21O31. The molecule has 0 aliphatic carbocycles. The van der Waals surface area contributed by atoms with Gasteiger partial charge in [-0.3, -0.25) is 105 Å². The van der Waals surface area contributed by atoms with Crippen molar-refractivity contribution in [2.75, 3.05) is 19.6 Å². The SMILES string of the molecule is CC[C@H](C)[C@H](NC(=O)[C@@H](NC(=O)[C@H](CC(=O)O)NC(=O)[C@H](CCC(=O)O)NC(=O)[C@@H](NC(=O)[C@H](Cc1ccccc1)NC(=O)[C@@H](NC(=O)CNC(=O)[C@H](CCC(N)=O)NC(=O)[C@H](C)N)[C@@H](C)O)[C@@H](C)O)[C@@H](C)O)C(=O)N[C@H](C(=O)N[C@@H](Cc1ccccc1)C(=O)N[C@@H](CC(C)C)C(=O)N1CCC[C@H]1C(=O)N[C@@H](CCC(N)=O)C(=O)N[C@H](C(=O)N[C@@H](CC(=O)O)C(=O)N[C@@H](CCCCN)C(=O)O)[C@@H](C)O)C(C)C. The fraction of sp³-hybridized carbons (Fsp3) is 0.611. The quantitative estimate of drug-likeness (QED) is 0.0274. The van der Waals surface area contributed by atoms with Crippen molar-refractivity contribution in [1.82, 2.24) is 90.0 Å². The van der Waals surface area contributed by atoms with E-state index < -0.39 is 327 Å². The van der Waals surface area contributed by atoms with Gasteiger partial charge in [-0.1, -0.05) is 109 Å². The van der Waals surface area contributed by atoms with Crippen LogP contribution in [-0.2, 0) is 123 Å². The zero-order valence-electron chi connectivity index (χ0n) is 81.0. The number of primary amides is 2. The monoisotopic (exact) mass is 2010 g/mol. The number of aliphatic carboxylic acids is 4. The van der Waals surface area contributed by atoms with E-state index >= 15 is 4.79 Å². The highest BCUT2D eigenvalue weighted by Crippen LogP contribution is 2.23. The number of aliphatic hydroxyl groups is 4. The summed E-state index contributed by atoms with van der Waals surface area (Å²) in [5.41, 5.74) is 22.6. The van der Waals surface area contributed by atoms with Gasteiger partial charge in [0, 0.05) is 38.6 Å². The van der Waals surface area contributed by atoms with Crippen molar-refractivity contribution in [2.24, 2.45) is 40.7 Å². The van der Waals surface area contributed by atoms with Crippen LogP contribution in [0.5, 0.6) is 0 Å². The van der Waals surface area contributed by atoms with E-state index in [1.807, 2.05) is 0 Å². The number of hydrogen-bond acceptors (Lipinski definition) is 29. The molecule has 52 heteroatoms. The number of amides is 19. The minimum Gasteiger partial charge on any atom is -0.481 e. The molecule has 0 saturated carbocycles. The third-order valence-electron chi connectivity index (χ3n) is 22.6. The van der Waals surface area contributed by atoms with Crippen molar-refractivity contribution < 1.29 is 151 Å². The van der Waals surface area contributed by atoms with Gasteiger partial charge in [-0.05, 0) is 128 Å². The third kappa shape index (κ3) is 42.6. The predicted octanol–water partition coefficient (Wildman–Crippen LogP) is -8.97. The molecule has 1 heterocycles. The minimum atomic E-state index is -2.27. The van der Waals surface area contributed by atoms with Gasteiger partial charge in [-0.25, -0.2) is 4.79 Å². The van der Waals surface area contributed by atoms with Crippen LogP contribution in [0, 0.1) is 17.8 Å². The molecule has 0 bridgehead atoms. The van der Waals surface area contributed by atoms with Crippen LogP contribution in [0.1, 0.15) is 184 Å². The first-order valence-corrected chi connectivity index (χ1v) is 46.4. The second-order valence-electron chi connectivity index (χ2n) is 35.6. The molecule has 142 heavy (non-hydrogen) atoms. The highest BCUT2D eigenvalue weighted by molar-refractivity contribution is 6.03. The maximum Gasteiger partial charge on any atom is 0.326 e. The lowest BCUT2D eigenvalue weighted by molar-refractivity contribution is -0.144. The Morgan fingerprint density at radius 1 is 0.380 bits per heavy atom. The lowest BCUT2D eigenvalue weighted by atomic mass is 9.95. The van der Waals surface area contributed by atoms with Gasteiger partial charge in [0.15, 0.2) is 0 Å². The zero-order valence-corrected chi connectivity index (χ0v) is 81.0. The summed E-state index contributed by atoms with van der Waals surface area (Å²) in [4.78, 5) is 313. The van der Waals surface area contributed by atoms with E-state index in [4.69, 9.17) is 22.9 Å². The molecule has 52 nitrogen and oxygen atoms in total. The molecule has 1 saturated heterocycles. The number of rotatable bonds is 64. The molecule has 3 rings (SSSR count). The summed E-state index contributed by atoms with van der Waals surface area (Å²) < 4.78 is 0. The van der Waals surface area contributed by atoms with Gasteiger partial charge < -0.3 is 154 Å². The van der Waals surface area contributed by atoms with Crippen molar-refractivity contribution in [3.8, 4) is 0 Å². The van der Waals surface area contributed by atoms with Gasteiger partial charge in [-0.15, -0.1) is 0 Å². The molecule has 1 aliphatic heterocycles. The lowest BCUT2D eigenvalue weighted by Gasteiger charge is -2.32. The molecule has 0 unspecified atom stereocenters. The first-order valence-electron chi connectivity index (χ1n) is 46.4. The number of nitrogens with zero attached hydrogens (tertiary/aromatic N) is 1. The van der Waals surface area contributed by atoms with Gasteiger partial charge in [0.1, 0.15) is 96.7 Å². The molecule has 0 radical (unpaired) electrons. The molecule has 22 atom stereocenters. The van der Waals surface area contributed by atoms with E-state index in [-0.39, 0.29) is 76.8 Å². The second kappa shape index (κ2) is 60.9. The van der Waals surface area contributed by atoms with Crippen molar-refractivity contribution in [3.63, 3.8) is 0 Å². The highest BCUT2D eigenvalue weighted by Gasteiger charge is 2.45. The predicted molar refractivity (Wildman–Crippen MR) is 500 cm³/mol. The van der Waals surface area contributed by atoms with E-state index in [1.54, 1.807) is 69.3 Å². The Labute approximate surface area is 818 Å². The fourth-order valence-electron chi connectivity index (χ4n) is 14.5. The summed E-state index contributed by atoms with van der Waals surface area (Å²) >= 11 is 0. The Hall–Kier alpha value is -14.0. The van der Waals surface area contributed by atoms with Crippen molar-refractivity contribution in [1.29, 1.82) is 0 Å². The summed E-state index contributed by atoms with van der Waals surface area (Å²) in [6.45, 7) is 14.1. The van der Waals surface area contributed by atoms with Crippen LogP contribution < -0.4 is 108 Å².